The first-order chi connectivity index (χ1) is 13.5. The summed E-state index contributed by atoms with van der Waals surface area (Å²) < 4.78 is 19.3. The Balaban J connectivity index is 1.55. The van der Waals surface area contributed by atoms with Crippen LogP contribution in [0.5, 0.6) is 11.6 Å². The number of carbonyl (C=O) groups is 2. The Morgan fingerprint density at radius 1 is 1.18 bits per heavy atom. The number of halogens is 2. The van der Waals surface area contributed by atoms with Gasteiger partial charge in [0.15, 0.2) is 0 Å². The highest BCUT2D eigenvalue weighted by atomic mass is 79.9. The van der Waals surface area contributed by atoms with E-state index in [4.69, 9.17) is 4.74 Å². The summed E-state index contributed by atoms with van der Waals surface area (Å²) in [5, 5.41) is 5.61. The second kappa shape index (κ2) is 9.64. The summed E-state index contributed by atoms with van der Waals surface area (Å²) in [6.45, 7) is 0.660. The molecule has 1 aliphatic carbocycles. The van der Waals surface area contributed by atoms with E-state index >= 15 is 0 Å². The second-order valence-corrected chi connectivity index (χ2v) is 7.42. The van der Waals surface area contributed by atoms with Crippen LogP contribution in [0.2, 0.25) is 0 Å². The molecule has 0 radical (unpaired) electrons. The van der Waals surface area contributed by atoms with Gasteiger partial charge in [-0.05, 0) is 59.1 Å². The Morgan fingerprint density at radius 3 is 2.68 bits per heavy atom. The van der Waals surface area contributed by atoms with Gasteiger partial charge < -0.3 is 15.4 Å². The average Bonchev–Trinajstić information content (AvgIpc) is 3.22. The summed E-state index contributed by atoms with van der Waals surface area (Å²) in [6.07, 6.45) is 5.58. The number of amides is 2. The molecule has 1 fully saturated rings. The zero-order valence-corrected chi connectivity index (χ0v) is 16.8. The summed E-state index contributed by atoms with van der Waals surface area (Å²) in [7, 11) is 0. The molecular weight excluding hydrogens is 429 g/mol. The third kappa shape index (κ3) is 5.28. The Labute approximate surface area is 171 Å². The predicted octanol–water partition coefficient (Wildman–Crippen LogP) is 3.81. The molecule has 0 bridgehead atoms. The topological polar surface area (TPSA) is 80.3 Å². The molecule has 2 aromatic rings. The van der Waals surface area contributed by atoms with Crippen LogP contribution in [0, 0.1) is 11.7 Å². The van der Waals surface area contributed by atoms with Crippen LogP contribution in [0.3, 0.4) is 0 Å². The Hall–Kier alpha value is -2.48. The monoisotopic (exact) mass is 449 g/mol. The largest absolute Gasteiger partial charge is 0.437 e. The number of rotatable bonds is 7. The number of pyridine rings is 1. The lowest BCUT2D eigenvalue weighted by atomic mass is 10.1. The van der Waals surface area contributed by atoms with E-state index in [-0.39, 0.29) is 29.2 Å². The highest BCUT2D eigenvalue weighted by Crippen LogP contribution is 2.30. The van der Waals surface area contributed by atoms with Crippen LogP contribution < -0.4 is 15.4 Å². The van der Waals surface area contributed by atoms with Gasteiger partial charge in [0.05, 0.1) is 4.47 Å². The van der Waals surface area contributed by atoms with Gasteiger partial charge in [-0.25, -0.2) is 9.37 Å². The SMILES string of the molecule is O=C(NCCNC(=O)C1CCCC1)c1cccnc1Oc1ccc(F)cc1Br. The summed E-state index contributed by atoms with van der Waals surface area (Å²) in [6, 6.07) is 7.20. The van der Waals surface area contributed by atoms with Gasteiger partial charge in [-0.1, -0.05) is 12.8 Å². The number of nitrogens with zero attached hydrogens (tertiary/aromatic N) is 1. The minimum absolute atomic E-state index is 0.0540. The predicted molar refractivity (Wildman–Crippen MR) is 106 cm³/mol. The Kier molecular flexibility index (Phi) is 6.97. The first kappa shape index (κ1) is 20.3. The fraction of sp³-hybridized carbons (Fsp3) is 0.350. The maximum atomic E-state index is 13.2. The third-order valence-electron chi connectivity index (χ3n) is 4.55. The first-order valence-electron chi connectivity index (χ1n) is 9.18. The molecule has 2 amide bonds. The number of hydrogen-bond acceptors (Lipinski definition) is 4. The average molecular weight is 450 g/mol. The first-order valence-corrected chi connectivity index (χ1v) is 9.97. The van der Waals surface area contributed by atoms with Gasteiger partial charge in [-0.3, -0.25) is 9.59 Å². The highest BCUT2D eigenvalue weighted by molar-refractivity contribution is 9.10. The Bertz CT molecular complexity index is 856. The summed E-state index contributed by atoms with van der Waals surface area (Å²) in [4.78, 5) is 28.6. The number of ether oxygens (including phenoxy) is 1. The van der Waals surface area contributed by atoms with Gasteiger partial charge in [0, 0.05) is 25.2 Å². The van der Waals surface area contributed by atoms with Gasteiger partial charge in [-0.15, -0.1) is 0 Å². The molecule has 0 spiro atoms. The van der Waals surface area contributed by atoms with Crippen LogP contribution in [0.4, 0.5) is 4.39 Å². The van der Waals surface area contributed by atoms with Crippen molar-refractivity contribution in [1.29, 1.82) is 0 Å². The lowest BCUT2D eigenvalue weighted by Crippen LogP contribution is -2.37. The van der Waals surface area contributed by atoms with Crippen molar-refractivity contribution >= 4 is 27.7 Å². The van der Waals surface area contributed by atoms with Gasteiger partial charge in [0.25, 0.3) is 5.91 Å². The smallest absolute Gasteiger partial charge is 0.256 e. The molecule has 6 nitrogen and oxygen atoms in total. The van der Waals surface area contributed by atoms with Crippen molar-refractivity contribution in [2.75, 3.05) is 13.1 Å². The molecule has 1 heterocycles. The molecule has 0 unspecified atom stereocenters. The van der Waals surface area contributed by atoms with Crippen molar-refractivity contribution in [1.82, 2.24) is 15.6 Å². The molecule has 148 valence electrons. The number of nitrogens with one attached hydrogen (secondary N) is 2. The molecule has 3 rings (SSSR count). The van der Waals surface area contributed by atoms with Crippen molar-refractivity contribution in [3.05, 3.63) is 52.4 Å². The highest BCUT2D eigenvalue weighted by Gasteiger charge is 2.22. The second-order valence-electron chi connectivity index (χ2n) is 6.56. The van der Waals surface area contributed by atoms with Gasteiger partial charge in [-0.2, -0.15) is 0 Å². The fourth-order valence-electron chi connectivity index (χ4n) is 3.10. The third-order valence-corrected chi connectivity index (χ3v) is 5.17. The molecule has 1 aromatic heterocycles. The minimum atomic E-state index is -0.405. The van der Waals surface area contributed by atoms with Crippen LogP contribution >= 0.6 is 15.9 Å². The van der Waals surface area contributed by atoms with Crippen LogP contribution in [-0.2, 0) is 4.79 Å². The zero-order valence-electron chi connectivity index (χ0n) is 15.2. The molecule has 0 atom stereocenters. The molecule has 2 N–H and O–H groups in total. The quantitative estimate of drug-likeness (QED) is 0.629. The molecular formula is C20H21BrFN3O3. The maximum absolute atomic E-state index is 13.2. The van der Waals surface area contributed by atoms with Gasteiger partial charge >= 0.3 is 0 Å². The van der Waals surface area contributed by atoms with Crippen LogP contribution in [-0.4, -0.2) is 29.9 Å². The molecule has 1 aliphatic rings. The molecule has 0 saturated heterocycles. The summed E-state index contributed by atoms with van der Waals surface area (Å²) >= 11 is 3.23. The number of carbonyl (C=O) groups excluding carboxylic acids is 2. The summed E-state index contributed by atoms with van der Waals surface area (Å²) in [5.41, 5.74) is 0.251. The van der Waals surface area contributed by atoms with E-state index in [0.29, 0.717) is 23.3 Å². The van der Waals surface area contributed by atoms with Crippen LogP contribution in [0.25, 0.3) is 0 Å². The van der Waals surface area contributed by atoms with E-state index in [9.17, 15) is 14.0 Å². The Morgan fingerprint density at radius 2 is 1.93 bits per heavy atom. The van der Waals surface area contributed by atoms with Crippen molar-refractivity contribution in [3.8, 4) is 11.6 Å². The lowest BCUT2D eigenvalue weighted by molar-refractivity contribution is -0.124. The van der Waals surface area contributed by atoms with Gasteiger partial charge in [0.2, 0.25) is 11.8 Å². The summed E-state index contributed by atoms with van der Waals surface area (Å²) in [5.74, 6) is -0.156. The normalized spacial score (nSPS) is 13.9. The van der Waals surface area contributed by atoms with E-state index in [1.165, 1.54) is 24.4 Å². The van der Waals surface area contributed by atoms with E-state index in [1.54, 1.807) is 12.1 Å². The number of aromatic nitrogens is 1. The number of hydrogen-bond donors (Lipinski definition) is 2. The molecule has 0 aliphatic heterocycles. The molecule has 1 saturated carbocycles. The molecule has 28 heavy (non-hydrogen) atoms. The standard InChI is InChI=1S/C20H21BrFN3O3/c21-16-12-14(22)7-8-17(16)28-20-15(6-3-9-25-20)19(27)24-11-10-23-18(26)13-4-1-2-5-13/h3,6-9,12-13H,1-2,4-5,10-11H2,(H,23,26)(H,24,27). The minimum Gasteiger partial charge on any atom is -0.437 e. The fourth-order valence-corrected chi connectivity index (χ4v) is 3.53. The molecule has 8 heteroatoms. The van der Waals surface area contributed by atoms with Crippen molar-refractivity contribution in [2.45, 2.75) is 25.7 Å². The molecule has 1 aromatic carbocycles. The lowest BCUT2D eigenvalue weighted by Gasteiger charge is -2.13. The zero-order chi connectivity index (χ0) is 19.9. The maximum Gasteiger partial charge on any atom is 0.256 e. The van der Waals surface area contributed by atoms with E-state index in [2.05, 4.69) is 31.5 Å². The number of benzene rings is 1. The van der Waals surface area contributed by atoms with E-state index in [0.717, 1.165) is 25.7 Å². The van der Waals surface area contributed by atoms with E-state index < -0.39 is 5.82 Å². The van der Waals surface area contributed by atoms with Crippen LogP contribution in [0.15, 0.2) is 41.0 Å². The van der Waals surface area contributed by atoms with Crippen molar-refractivity contribution in [2.24, 2.45) is 5.92 Å². The van der Waals surface area contributed by atoms with Crippen molar-refractivity contribution < 1.29 is 18.7 Å². The van der Waals surface area contributed by atoms with Gasteiger partial charge in [0.1, 0.15) is 17.1 Å². The van der Waals surface area contributed by atoms with Crippen molar-refractivity contribution in [3.63, 3.8) is 0 Å². The van der Waals surface area contributed by atoms with E-state index in [1.807, 2.05) is 0 Å². The van der Waals surface area contributed by atoms with Crippen LogP contribution in [0.1, 0.15) is 36.0 Å².